The molecular formula is C16H25IN4O3. The number of ether oxygens (including phenoxy) is 2. The number of rotatable bonds is 3. The second-order valence-corrected chi connectivity index (χ2v) is 6.34. The van der Waals surface area contributed by atoms with E-state index >= 15 is 0 Å². The molecule has 0 bridgehead atoms. The molecule has 0 radical (unpaired) electrons. The molecule has 4 N–H and O–H groups in total. The van der Waals surface area contributed by atoms with Gasteiger partial charge in [0.15, 0.2) is 17.5 Å². The Morgan fingerprint density at radius 2 is 1.92 bits per heavy atom. The number of fused-ring (bicyclic) bond motifs is 1. The highest BCUT2D eigenvalue weighted by molar-refractivity contribution is 14.0. The molecule has 1 aliphatic rings. The van der Waals surface area contributed by atoms with Crippen molar-refractivity contribution in [1.82, 2.24) is 5.32 Å². The standard InChI is InChI=1S/C16H24N4O3.HI/c1-16(2,3)20-14(21)10-18-15(17)19-11-5-6-12-13(9-11)23-8-4-7-22-12;/h5-6,9H,4,7-8,10H2,1-3H3,(H,20,21)(H3,17,18,19);1H. The number of hydrogen-bond acceptors (Lipinski definition) is 4. The van der Waals surface area contributed by atoms with Crippen LogP contribution in [0.15, 0.2) is 23.2 Å². The van der Waals surface area contributed by atoms with Gasteiger partial charge in [0.05, 0.1) is 13.2 Å². The van der Waals surface area contributed by atoms with Crippen LogP contribution in [0.4, 0.5) is 5.69 Å². The van der Waals surface area contributed by atoms with Crippen LogP contribution in [-0.4, -0.2) is 37.2 Å². The molecule has 0 spiro atoms. The van der Waals surface area contributed by atoms with Gasteiger partial charge < -0.3 is 25.8 Å². The summed E-state index contributed by atoms with van der Waals surface area (Å²) in [4.78, 5) is 15.7. The number of carbonyl (C=O) groups is 1. The average Bonchev–Trinajstić information content (AvgIpc) is 2.68. The summed E-state index contributed by atoms with van der Waals surface area (Å²) in [6.45, 7) is 6.97. The number of nitrogens with one attached hydrogen (secondary N) is 2. The molecule has 1 aromatic rings. The molecule has 24 heavy (non-hydrogen) atoms. The van der Waals surface area contributed by atoms with E-state index in [0.29, 0.717) is 24.7 Å². The number of benzene rings is 1. The minimum atomic E-state index is -0.289. The van der Waals surface area contributed by atoms with Crippen LogP contribution >= 0.6 is 24.0 Å². The number of carbonyl (C=O) groups excluding carboxylic acids is 1. The fraction of sp³-hybridized carbons (Fsp3) is 0.500. The van der Waals surface area contributed by atoms with Gasteiger partial charge in [-0.1, -0.05) is 0 Å². The summed E-state index contributed by atoms with van der Waals surface area (Å²) in [6, 6.07) is 5.45. The lowest BCUT2D eigenvalue weighted by Crippen LogP contribution is -2.42. The van der Waals surface area contributed by atoms with Crippen molar-refractivity contribution in [3.8, 4) is 11.5 Å². The summed E-state index contributed by atoms with van der Waals surface area (Å²) in [7, 11) is 0. The first kappa shape index (κ1) is 20.3. The zero-order valence-corrected chi connectivity index (χ0v) is 16.5. The second-order valence-electron chi connectivity index (χ2n) is 6.34. The van der Waals surface area contributed by atoms with Crippen LogP contribution in [0.3, 0.4) is 0 Å². The topological polar surface area (TPSA) is 98.0 Å². The van der Waals surface area contributed by atoms with Crippen molar-refractivity contribution in [1.29, 1.82) is 0 Å². The van der Waals surface area contributed by atoms with Gasteiger partial charge in [0.2, 0.25) is 5.91 Å². The van der Waals surface area contributed by atoms with E-state index in [1.807, 2.05) is 32.9 Å². The highest BCUT2D eigenvalue weighted by atomic mass is 127. The fourth-order valence-corrected chi connectivity index (χ4v) is 2.04. The summed E-state index contributed by atoms with van der Waals surface area (Å²) in [5, 5.41) is 5.76. The third-order valence-corrected chi connectivity index (χ3v) is 2.93. The Morgan fingerprint density at radius 3 is 2.58 bits per heavy atom. The number of halogens is 1. The molecule has 0 saturated carbocycles. The molecule has 0 unspecified atom stereocenters. The molecule has 2 rings (SSSR count). The lowest BCUT2D eigenvalue weighted by molar-refractivity contribution is -0.121. The molecule has 1 aromatic carbocycles. The summed E-state index contributed by atoms with van der Waals surface area (Å²) < 4.78 is 11.2. The molecule has 1 heterocycles. The van der Waals surface area contributed by atoms with Crippen LogP contribution in [-0.2, 0) is 4.79 Å². The van der Waals surface area contributed by atoms with Crippen LogP contribution in [0.25, 0.3) is 0 Å². The Bertz CT molecular complexity index is 599. The van der Waals surface area contributed by atoms with Gasteiger partial charge in [-0.25, -0.2) is 4.99 Å². The zero-order valence-electron chi connectivity index (χ0n) is 14.2. The van der Waals surface area contributed by atoms with E-state index in [1.54, 1.807) is 6.07 Å². The van der Waals surface area contributed by atoms with Gasteiger partial charge >= 0.3 is 0 Å². The maximum absolute atomic E-state index is 11.7. The summed E-state index contributed by atoms with van der Waals surface area (Å²) >= 11 is 0. The van der Waals surface area contributed by atoms with Crippen LogP contribution in [0.2, 0.25) is 0 Å². The SMILES string of the molecule is CC(C)(C)NC(=O)CN=C(N)Nc1ccc2c(c1)OCCCO2.I. The third-order valence-electron chi connectivity index (χ3n) is 2.93. The quantitative estimate of drug-likeness (QED) is 0.374. The molecule has 0 aliphatic carbocycles. The van der Waals surface area contributed by atoms with Gasteiger partial charge in [0.25, 0.3) is 0 Å². The number of nitrogens with zero attached hydrogens (tertiary/aromatic N) is 1. The molecule has 1 aliphatic heterocycles. The molecular weight excluding hydrogens is 423 g/mol. The van der Waals surface area contributed by atoms with Crippen molar-refractivity contribution < 1.29 is 14.3 Å². The van der Waals surface area contributed by atoms with Gasteiger partial charge in [-0.15, -0.1) is 24.0 Å². The van der Waals surface area contributed by atoms with Crippen molar-refractivity contribution in [3.05, 3.63) is 18.2 Å². The van der Waals surface area contributed by atoms with Gasteiger partial charge in [-0.3, -0.25) is 4.79 Å². The molecule has 134 valence electrons. The molecule has 7 nitrogen and oxygen atoms in total. The number of amides is 1. The van der Waals surface area contributed by atoms with Crippen molar-refractivity contribution in [3.63, 3.8) is 0 Å². The van der Waals surface area contributed by atoms with Gasteiger partial charge in [0, 0.05) is 23.7 Å². The summed E-state index contributed by atoms with van der Waals surface area (Å²) in [5.41, 5.74) is 6.25. The van der Waals surface area contributed by atoms with Crippen LogP contribution in [0.1, 0.15) is 27.2 Å². The van der Waals surface area contributed by atoms with E-state index in [2.05, 4.69) is 15.6 Å². The third kappa shape index (κ3) is 6.81. The maximum Gasteiger partial charge on any atom is 0.242 e. The smallest absolute Gasteiger partial charge is 0.242 e. The maximum atomic E-state index is 11.7. The van der Waals surface area contributed by atoms with E-state index < -0.39 is 0 Å². The van der Waals surface area contributed by atoms with Crippen LogP contribution < -0.4 is 25.8 Å². The predicted octanol–water partition coefficient (Wildman–Crippen LogP) is 2.11. The predicted molar refractivity (Wildman–Crippen MR) is 105 cm³/mol. The fourth-order valence-electron chi connectivity index (χ4n) is 2.04. The normalized spacial score (nSPS) is 14.2. The minimum absolute atomic E-state index is 0. The van der Waals surface area contributed by atoms with Crippen molar-refractivity contribution in [2.24, 2.45) is 10.7 Å². The Labute approximate surface area is 159 Å². The number of hydrogen-bond donors (Lipinski definition) is 3. The van der Waals surface area contributed by atoms with E-state index in [0.717, 1.165) is 12.1 Å². The van der Waals surface area contributed by atoms with E-state index in [1.165, 1.54) is 0 Å². The highest BCUT2D eigenvalue weighted by Gasteiger charge is 2.13. The molecule has 0 fully saturated rings. The van der Waals surface area contributed by atoms with E-state index in [-0.39, 0.29) is 47.9 Å². The van der Waals surface area contributed by atoms with Crippen molar-refractivity contribution in [2.75, 3.05) is 25.1 Å². The Hall–Kier alpha value is -1.71. The van der Waals surface area contributed by atoms with Crippen LogP contribution in [0, 0.1) is 0 Å². The molecule has 1 amide bonds. The summed E-state index contributed by atoms with van der Waals surface area (Å²) in [5.74, 6) is 1.38. The van der Waals surface area contributed by atoms with E-state index in [9.17, 15) is 4.79 Å². The lowest BCUT2D eigenvalue weighted by atomic mass is 10.1. The second kappa shape index (κ2) is 8.95. The number of anilines is 1. The first-order valence-corrected chi connectivity index (χ1v) is 7.61. The Kier molecular flexibility index (Phi) is 7.59. The highest BCUT2D eigenvalue weighted by Crippen LogP contribution is 2.32. The largest absolute Gasteiger partial charge is 0.490 e. The Balaban J connectivity index is 0.00000288. The zero-order chi connectivity index (χ0) is 16.9. The van der Waals surface area contributed by atoms with Gasteiger partial charge in [-0.05, 0) is 32.9 Å². The van der Waals surface area contributed by atoms with Crippen molar-refractivity contribution >= 4 is 41.5 Å². The molecule has 0 atom stereocenters. The first-order chi connectivity index (χ1) is 10.8. The van der Waals surface area contributed by atoms with Crippen molar-refractivity contribution in [2.45, 2.75) is 32.7 Å². The number of nitrogens with two attached hydrogens (primary N) is 1. The van der Waals surface area contributed by atoms with Crippen LogP contribution in [0.5, 0.6) is 11.5 Å². The number of aliphatic imine (C=N–C) groups is 1. The lowest BCUT2D eigenvalue weighted by Gasteiger charge is -2.19. The first-order valence-electron chi connectivity index (χ1n) is 7.61. The molecule has 0 aromatic heterocycles. The average molecular weight is 448 g/mol. The number of guanidine groups is 1. The molecule has 8 heteroatoms. The van der Waals surface area contributed by atoms with E-state index in [4.69, 9.17) is 15.2 Å². The van der Waals surface area contributed by atoms with Gasteiger partial charge in [0.1, 0.15) is 6.54 Å². The monoisotopic (exact) mass is 448 g/mol. The Morgan fingerprint density at radius 1 is 1.25 bits per heavy atom. The molecule has 0 saturated heterocycles. The summed E-state index contributed by atoms with van der Waals surface area (Å²) in [6.07, 6.45) is 0.851. The van der Waals surface area contributed by atoms with Gasteiger partial charge in [-0.2, -0.15) is 0 Å². The minimum Gasteiger partial charge on any atom is -0.490 e.